The number of fused-ring (bicyclic) bond motifs is 1. The van der Waals surface area contributed by atoms with Gasteiger partial charge in [-0.25, -0.2) is 9.50 Å². The van der Waals surface area contributed by atoms with Gasteiger partial charge in [0.25, 0.3) is 0 Å². The minimum atomic E-state index is -4.46. The summed E-state index contributed by atoms with van der Waals surface area (Å²) in [5.41, 5.74) is 4.11. The Morgan fingerprint density at radius 2 is 2.07 bits per heavy atom. The Bertz CT molecular complexity index is 473. The highest BCUT2D eigenvalue weighted by molar-refractivity contribution is 5.51. The van der Waals surface area contributed by atoms with Crippen LogP contribution in [0.15, 0.2) is 18.5 Å². The van der Waals surface area contributed by atoms with Crippen LogP contribution in [0.25, 0.3) is 5.65 Å². The summed E-state index contributed by atoms with van der Waals surface area (Å²) in [7, 11) is 0. The highest BCUT2D eigenvalue weighted by Crippen LogP contribution is 2.31. The third kappa shape index (κ3) is 1.26. The highest BCUT2D eigenvalue weighted by atomic mass is 19.4. The first-order chi connectivity index (χ1) is 6.48. The van der Waals surface area contributed by atoms with Gasteiger partial charge in [0.15, 0.2) is 5.65 Å². The zero-order valence-electron chi connectivity index (χ0n) is 6.78. The summed E-state index contributed by atoms with van der Waals surface area (Å²) in [6.45, 7) is 0. The van der Waals surface area contributed by atoms with E-state index in [0.29, 0.717) is 0 Å². The molecule has 2 N–H and O–H groups in total. The molecule has 0 saturated heterocycles. The number of halogens is 3. The van der Waals surface area contributed by atoms with Gasteiger partial charge in [0.2, 0.25) is 0 Å². The van der Waals surface area contributed by atoms with E-state index in [9.17, 15) is 13.2 Å². The lowest BCUT2D eigenvalue weighted by Gasteiger charge is -2.02. The van der Waals surface area contributed by atoms with Gasteiger partial charge in [-0.1, -0.05) is 0 Å². The van der Waals surface area contributed by atoms with Crippen molar-refractivity contribution in [2.45, 2.75) is 6.18 Å². The number of aromatic nitrogens is 3. The molecular weight excluding hydrogens is 197 g/mol. The van der Waals surface area contributed by atoms with Gasteiger partial charge in [-0.05, 0) is 6.07 Å². The van der Waals surface area contributed by atoms with Gasteiger partial charge in [-0.15, -0.1) is 0 Å². The molecule has 2 aromatic rings. The number of rotatable bonds is 0. The van der Waals surface area contributed by atoms with Gasteiger partial charge in [0, 0.05) is 6.20 Å². The van der Waals surface area contributed by atoms with E-state index in [0.717, 1.165) is 10.7 Å². The predicted molar refractivity (Wildman–Crippen MR) is 42.4 cm³/mol. The molecule has 2 aromatic heterocycles. The zero-order valence-corrected chi connectivity index (χ0v) is 6.78. The zero-order chi connectivity index (χ0) is 10.3. The molecule has 0 aliphatic rings. The van der Waals surface area contributed by atoms with Crippen LogP contribution in [0.4, 0.5) is 19.0 Å². The summed E-state index contributed by atoms with van der Waals surface area (Å²) in [6, 6.07) is 1.38. The topological polar surface area (TPSA) is 56.2 Å². The largest absolute Gasteiger partial charge is 0.421 e. The quantitative estimate of drug-likeness (QED) is 0.701. The van der Waals surface area contributed by atoms with Crippen molar-refractivity contribution in [2.75, 3.05) is 5.73 Å². The number of anilines is 1. The molecule has 0 spiro atoms. The summed E-state index contributed by atoms with van der Waals surface area (Å²) >= 11 is 0. The second kappa shape index (κ2) is 2.60. The molecule has 74 valence electrons. The van der Waals surface area contributed by atoms with Crippen molar-refractivity contribution >= 4 is 11.5 Å². The van der Waals surface area contributed by atoms with E-state index in [2.05, 4.69) is 10.1 Å². The normalized spacial score (nSPS) is 12.2. The number of nitrogen functional groups attached to an aromatic ring is 1. The second-order valence-electron chi connectivity index (χ2n) is 2.68. The minimum Gasteiger partial charge on any atom is -0.384 e. The first-order valence-corrected chi connectivity index (χ1v) is 3.65. The molecule has 0 bridgehead atoms. The van der Waals surface area contributed by atoms with Gasteiger partial charge in [-0.3, -0.25) is 0 Å². The molecule has 0 radical (unpaired) electrons. The van der Waals surface area contributed by atoms with Crippen molar-refractivity contribution in [3.63, 3.8) is 0 Å². The first kappa shape index (κ1) is 8.79. The fourth-order valence-corrected chi connectivity index (χ4v) is 1.08. The van der Waals surface area contributed by atoms with Crippen LogP contribution in [0.5, 0.6) is 0 Å². The maximum absolute atomic E-state index is 12.3. The molecule has 0 amide bonds. The Morgan fingerprint density at radius 1 is 1.36 bits per heavy atom. The molecule has 0 aromatic carbocycles. The molecule has 2 heterocycles. The van der Waals surface area contributed by atoms with E-state index in [-0.39, 0.29) is 11.5 Å². The van der Waals surface area contributed by atoms with E-state index in [4.69, 9.17) is 5.73 Å². The van der Waals surface area contributed by atoms with Crippen LogP contribution in [0.2, 0.25) is 0 Å². The predicted octanol–water partition coefficient (Wildman–Crippen LogP) is 1.33. The lowest BCUT2D eigenvalue weighted by molar-refractivity contribution is -0.136. The fourth-order valence-electron chi connectivity index (χ4n) is 1.08. The van der Waals surface area contributed by atoms with Gasteiger partial charge in [0.05, 0.1) is 6.20 Å². The van der Waals surface area contributed by atoms with Crippen LogP contribution < -0.4 is 5.73 Å². The Balaban J connectivity index is 2.73. The molecule has 0 aliphatic carbocycles. The Kier molecular flexibility index (Phi) is 1.63. The number of nitrogens with zero attached hydrogens (tertiary/aromatic N) is 3. The maximum Gasteiger partial charge on any atom is 0.421 e. The molecule has 0 fully saturated rings. The molecule has 0 atom stereocenters. The van der Waals surface area contributed by atoms with Crippen LogP contribution >= 0.6 is 0 Å². The van der Waals surface area contributed by atoms with Gasteiger partial charge < -0.3 is 5.73 Å². The van der Waals surface area contributed by atoms with Crippen LogP contribution in [0.3, 0.4) is 0 Å². The summed E-state index contributed by atoms with van der Waals surface area (Å²) in [4.78, 5) is 3.56. The third-order valence-electron chi connectivity index (χ3n) is 1.70. The van der Waals surface area contributed by atoms with E-state index >= 15 is 0 Å². The standard InChI is InChI=1S/C7H5F3N4/c8-7(9,10)4-3-12-14-2-1-5(11)13-6(4)14/h1-3H,(H2,11,13). The maximum atomic E-state index is 12.3. The summed E-state index contributed by atoms with van der Waals surface area (Å²) in [5.74, 6) is 0.0310. The van der Waals surface area contributed by atoms with Crippen LogP contribution in [-0.4, -0.2) is 14.6 Å². The van der Waals surface area contributed by atoms with Crippen molar-refractivity contribution in [3.05, 3.63) is 24.0 Å². The number of hydrogen-bond donors (Lipinski definition) is 1. The minimum absolute atomic E-state index is 0.0310. The first-order valence-electron chi connectivity index (χ1n) is 3.65. The van der Waals surface area contributed by atoms with Gasteiger partial charge in [-0.2, -0.15) is 18.3 Å². The molecule has 0 aliphatic heterocycles. The molecule has 0 saturated carbocycles. The van der Waals surface area contributed by atoms with Crippen molar-refractivity contribution in [1.82, 2.24) is 14.6 Å². The SMILES string of the molecule is Nc1ccn2ncc(C(F)(F)F)c2n1. The Hall–Kier alpha value is -1.79. The summed E-state index contributed by atoms with van der Waals surface area (Å²) < 4.78 is 38.1. The number of hydrogen-bond acceptors (Lipinski definition) is 3. The number of nitrogens with two attached hydrogens (primary N) is 1. The highest BCUT2D eigenvalue weighted by Gasteiger charge is 2.35. The van der Waals surface area contributed by atoms with Crippen molar-refractivity contribution < 1.29 is 13.2 Å². The van der Waals surface area contributed by atoms with Crippen molar-refractivity contribution in [1.29, 1.82) is 0 Å². The molecule has 2 rings (SSSR count). The summed E-state index contributed by atoms with van der Waals surface area (Å²) in [6.07, 6.45) is -2.41. The van der Waals surface area contributed by atoms with Crippen LogP contribution in [0, 0.1) is 0 Å². The lowest BCUT2D eigenvalue weighted by Crippen LogP contribution is -2.05. The van der Waals surface area contributed by atoms with E-state index < -0.39 is 11.7 Å². The number of alkyl halides is 3. The van der Waals surface area contributed by atoms with E-state index in [1.807, 2.05) is 0 Å². The Labute approximate surface area is 76.2 Å². The average Bonchev–Trinajstić information content (AvgIpc) is 2.45. The average molecular weight is 202 g/mol. The van der Waals surface area contributed by atoms with Gasteiger partial charge >= 0.3 is 6.18 Å². The fraction of sp³-hybridized carbons (Fsp3) is 0.143. The van der Waals surface area contributed by atoms with Crippen LogP contribution in [0.1, 0.15) is 5.56 Å². The lowest BCUT2D eigenvalue weighted by atomic mass is 10.3. The second-order valence-corrected chi connectivity index (χ2v) is 2.68. The van der Waals surface area contributed by atoms with E-state index in [1.54, 1.807) is 0 Å². The molecule has 7 heteroatoms. The molecule has 4 nitrogen and oxygen atoms in total. The van der Waals surface area contributed by atoms with Crippen LogP contribution in [-0.2, 0) is 6.18 Å². The molecule has 14 heavy (non-hydrogen) atoms. The van der Waals surface area contributed by atoms with Crippen molar-refractivity contribution in [2.24, 2.45) is 0 Å². The summed E-state index contributed by atoms with van der Waals surface area (Å²) in [5, 5.41) is 3.50. The van der Waals surface area contributed by atoms with Crippen molar-refractivity contribution in [3.8, 4) is 0 Å². The van der Waals surface area contributed by atoms with Gasteiger partial charge in [0.1, 0.15) is 11.4 Å². The molecular formula is C7H5F3N4. The third-order valence-corrected chi connectivity index (χ3v) is 1.70. The van der Waals surface area contributed by atoms with E-state index in [1.165, 1.54) is 12.3 Å². The smallest absolute Gasteiger partial charge is 0.384 e. The molecule has 0 unspecified atom stereocenters. The Morgan fingerprint density at radius 3 is 2.71 bits per heavy atom. The monoisotopic (exact) mass is 202 g/mol.